The first-order valence-corrected chi connectivity index (χ1v) is 13.7. The number of benzene rings is 2. The van der Waals surface area contributed by atoms with Gasteiger partial charge in [0.15, 0.2) is 5.69 Å². The van der Waals surface area contributed by atoms with Gasteiger partial charge in [-0.15, -0.1) is 0 Å². The maximum absolute atomic E-state index is 14.1. The molecule has 2 heterocycles. The summed E-state index contributed by atoms with van der Waals surface area (Å²) in [6.07, 6.45) is 1.68. The average molecular weight is 568 g/mol. The predicted octanol–water partition coefficient (Wildman–Crippen LogP) is 2.91. The highest BCUT2D eigenvalue weighted by atomic mass is 32.1. The first kappa shape index (κ1) is 28.8. The van der Waals surface area contributed by atoms with Crippen LogP contribution in [0.25, 0.3) is 0 Å². The fourth-order valence-corrected chi connectivity index (χ4v) is 5.23. The first-order valence-electron chi connectivity index (χ1n) is 12.9. The number of hydrogen-bond donors (Lipinski definition) is 3. The summed E-state index contributed by atoms with van der Waals surface area (Å²) in [5.74, 6) is -0.511. The van der Waals surface area contributed by atoms with Gasteiger partial charge >= 0.3 is 0 Å². The number of carbonyl (C=O) groups is 3. The molecule has 0 spiro atoms. The van der Waals surface area contributed by atoms with E-state index in [4.69, 9.17) is 25.7 Å². The summed E-state index contributed by atoms with van der Waals surface area (Å²) >= 11 is 0.766. The fraction of sp³-hybridized carbons (Fsp3) is 0.357. The number of aromatic nitrogens is 1. The van der Waals surface area contributed by atoms with Crippen LogP contribution < -0.4 is 26.3 Å². The smallest absolute Gasteiger partial charge is 0.270 e. The SMILES string of the molecule is CCOc1ccc([C@H](C(=O)NC[C@@H]2CCCO2)N(Cc2ccc(OC)cc2)C(=O)c2snc(C(N)=O)c2N)cc1. The normalized spacial score (nSPS) is 15.3. The number of carbonyl (C=O) groups excluding carboxylic acids is 3. The summed E-state index contributed by atoms with van der Waals surface area (Å²) in [5, 5.41) is 2.97. The minimum atomic E-state index is -1.05. The molecule has 2 aromatic carbocycles. The third-order valence-electron chi connectivity index (χ3n) is 6.52. The zero-order valence-corrected chi connectivity index (χ0v) is 23.2. The number of amides is 3. The maximum Gasteiger partial charge on any atom is 0.270 e. The van der Waals surface area contributed by atoms with Crippen LogP contribution in [0.3, 0.4) is 0 Å². The van der Waals surface area contributed by atoms with Gasteiger partial charge in [-0.3, -0.25) is 14.4 Å². The van der Waals surface area contributed by atoms with E-state index in [0.717, 1.165) is 29.9 Å². The number of methoxy groups -OCH3 is 1. The molecule has 0 aliphatic carbocycles. The molecule has 5 N–H and O–H groups in total. The molecule has 3 aromatic rings. The van der Waals surface area contributed by atoms with E-state index in [9.17, 15) is 14.4 Å². The highest BCUT2D eigenvalue weighted by molar-refractivity contribution is 7.09. The lowest BCUT2D eigenvalue weighted by atomic mass is 10.0. The van der Waals surface area contributed by atoms with Crippen molar-refractivity contribution in [3.05, 3.63) is 70.2 Å². The van der Waals surface area contributed by atoms with Crippen LogP contribution in [0.2, 0.25) is 0 Å². The molecule has 0 unspecified atom stereocenters. The monoisotopic (exact) mass is 567 g/mol. The van der Waals surface area contributed by atoms with Crippen molar-refractivity contribution < 1.29 is 28.6 Å². The van der Waals surface area contributed by atoms with Gasteiger partial charge in [-0.05, 0) is 66.7 Å². The van der Waals surface area contributed by atoms with Crippen molar-refractivity contribution >= 4 is 34.9 Å². The van der Waals surface area contributed by atoms with Crippen molar-refractivity contribution in [1.82, 2.24) is 14.6 Å². The number of nitrogens with one attached hydrogen (secondary N) is 1. The van der Waals surface area contributed by atoms with E-state index in [-0.39, 0.29) is 34.8 Å². The molecule has 1 saturated heterocycles. The molecular weight excluding hydrogens is 534 g/mol. The molecule has 12 heteroatoms. The first-order chi connectivity index (χ1) is 19.3. The molecule has 0 bridgehead atoms. The van der Waals surface area contributed by atoms with Gasteiger partial charge < -0.3 is 35.9 Å². The Balaban J connectivity index is 1.75. The Morgan fingerprint density at radius 1 is 1.15 bits per heavy atom. The predicted molar refractivity (Wildman–Crippen MR) is 150 cm³/mol. The van der Waals surface area contributed by atoms with Crippen LogP contribution in [0.1, 0.15) is 57.1 Å². The second-order valence-electron chi connectivity index (χ2n) is 9.20. The number of nitrogens with two attached hydrogens (primary N) is 2. The van der Waals surface area contributed by atoms with Crippen molar-refractivity contribution in [3.63, 3.8) is 0 Å². The second-order valence-corrected chi connectivity index (χ2v) is 9.98. The summed E-state index contributed by atoms with van der Waals surface area (Å²) in [6.45, 7) is 3.38. The molecule has 4 rings (SSSR count). The topological polar surface area (TPSA) is 159 Å². The molecule has 40 heavy (non-hydrogen) atoms. The molecule has 0 radical (unpaired) electrons. The van der Waals surface area contributed by atoms with Gasteiger partial charge in [0.25, 0.3) is 11.8 Å². The van der Waals surface area contributed by atoms with E-state index in [1.165, 1.54) is 4.90 Å². The summed E-state index contributed by atoms with van der Waals surface area (Å²) in [4.78, 5) is 41.2. The van der Waals surface area contributed by atoms with Crippen LogP contribution >= 0.6 is 11.5 Å². The molecule has 1 fully saturated rings. The van der Waals surface area contributed by atoms with Crippen LogP contribution in [0.15, 0.2) is 48.5 Å². The fourth-order valence-electron chi connectivity index (χ4n) is 4.47. The van der Waals surface area contributed by atoms with E-state index in [0.29, 0.717) is 36.8 Å². The van der Waals surface area contributed by atoms with Crippen LogP contribution in [-0.2, 0) is 16.1 Å². The van der Waals surface area contributed by atoms with Crippen molar-refractivity contribution in [2.24, 2.45) is 5.73 Å². The molecule has 2 atom stereocenters. The number of primary amides is 1. The Morgan fingerprint density at radius 2 is 1.85 bits per heavy atom. The van der Waals surface area contributed by atoms with E-state index < -0.39 is 17.9 Å². The number of hydrogen-bond acceptors (Lipinski definition) is 9. The number of ether oxygens (including phenoxy) is 3. The van der Waals surface area contributed by atoms with Gasteiger partial charge in [-0.1, -0.05) is 24.3 Å². The van der Waals surface area contributed by atoms with Crippen molar-refractivity contribution in [3.8, 4) is 11.5 Å². The lowest BCUT2D eigenvalue weighted by molar-refractivity contribution is -0.126. The molecule has 3 amide bonds. The van der Waals surface area contributed by atoms with Crippen LogP contribution in [-0.4, -0.2) is 60.0 Å². The molecule has 0 saturated carbocycles. The third kappa shape index (κ3) is 6.69. The van der Waals surface area contributed by atoms with Crippen molar-refractivity contribution in [1.29, 1.82) is 0 Å². The average Bonchev–Trinajstić information content (AvgIpc) is 3.62. The molecular formula is C28H33N5O6S. The Hall–Kier alpha value is -4.16. The van der Waals surface area contributed by atoms with Crippen molar-refractivity contribution in [2.75, 3.05) is 32.6 Å². The van der Waals surface area contributed by atoms with Gasteiger partial charge in [0.2, 0.25) is 5.91 Å². The third-order valence-corrected chi connectivity index (χ3v) is 7.37. The van der Waals surface area contributed by atoms with Gasteiger partial charge in [0.05, 0.1) is 25.5 Å². The van der Waals surface area contributed by atoms with Gasteiger partial charge in [-0.25, -0.2) is 0 Å². The summed E-state index contributed by atoms with van der Waals surface area (Å²) in [6, 6.07) is 13.1. The van der Waals surface area contributed by atoms with Gasteiger partial charge in [0.1, 0.15) is 22.4 Å². The highest BCUT2D eigenvalue weighted by Gasteiger charge is 2.35. The van der Waals surface area contributed by atoms with E-state index in [1.807, 2.05) is 19.1 Å². The molecule has 1 aromatic heterocycles. The standard InChI is InChI=1S/C28H33N5O6S/c1-3-38-20-12-8-18(9-13-20)24(27(35)31-15-21-5-4-14-39-21)33(16-17-6-10-19(37-2)11-7-17)28(36)25-22(29)23(26(30)34)32-40-25/h6-13,21,24H,3-5,14-16,29H2,1-2H3,(H2,30,34)(H,31,35)/t21-,24+/m0/s1. The Morgan fingerprint density at radius 3 is 2.42 bits per heavy atom. The molecule has 1 aliphatic rings. The van der Waals surface area contributed by atoms with Crippen molar-refractivity contribution in [2.45, 2.75) is 38.5 Å². The largest absolute Gasteiger partial charge is 0.497 e. The van der Waals surface area contributed by atoms with E-state index in [1.54, 1.807) is 43.5 Å². The summed E-state index contributed by atoms with van der Waals surface area (Å²) < 4.78 is 20.5. The second kappa shape index (κ2) is 13.3. The van der Waals surface area contributed by atoms with Gasteiger partial charge in [-0.2, -0.15) is 4.37 Å². The van der Waals surface area contributed by atoms with Crippen LogP contribution in [0, 0.1) is 0 Å². The lowest BCUT2D eigenvalue weighted by Gasteiger charge is -2.31. The molecule has 1 aliphatic heterocycles. The van der Waals surface area contributed by atoms with E-state index >= 15 is 0 Å². The zero-order valence-electron chi connectivity index (χ0n) is 22.4. The zero-order chi connectivity index (χ0) is 28.6. The summed E-state index contributed by atoms with van der Waals surface area (Å²) in [7, 11) is 1.56. The van der Waals surface area contributed by atoms with Crippen LogP contribution in [0.4, 0.5) is 5.69 Å². The van der Waals surface area contributed by atoms with Crippen LogP contribution in [0.5, 0.6) is 11.5 Å². The quantitative estimate of drug-likeness (QED) is 0.301. The Kier molecular flexibility index (Phi) is 9.56. The number of anilines is 1. The molecule has 212 valence electrons. The molecule has 11 nitrogen and oxygen atoms in total. The lowest BCUT2D eigenvalue weighted by Crippen LogP contribution is -2.45. The maximum atomic E-state index is 14.1. The van der Waals surface area contributed by atoms with Gasteiger partial charge in [0, 0.05) is 19.7 Å². The summed E-state index contributed by atoms with van der Waals surface area (Å²) in [5.41, 5.74) is 12.5. The minimum Gasteiger partial charge on any atom is -0.497 e. The Labute approximate surface area is 236 Å². The highest BCUT2D eigenvalue weighted by Crippen LogP contribution is 2.31. The Bertz CT molecular complexity index is 1320. The minimum absolute atomic E-state index is 0.0187. The van der Waals surface area contributed by atoms with E-state index in [2.05, 4.69) is 9.69 Å². The number of nitrogens with zero attached hydrogens (tertiary/aromatic N) is 2. The number of rotatable bonds is 12. The number of nitrogen functional groups attached to an aromatic ring is 1.